The summed E-state index contributed by atoms with van der Waals surface area (Å²) < 4.78 is 5.46. The molecule has 0 bridgehead atoms. The summed E-state index contributed by atoms with van der Waals surface area (Å²) in [5.74, 6) is 5.66. The lowest BCUT2D eigenvalue weighted by molar-refractivity contribution is 0.240. The highest BCUT2D eigenvalue weighted by molar-refractivity contribution is 7.99. The highest BCUT2D eigenvalue weighted by Gasteiger charge is 1.96. The van der Waals surface area contributed by atoms with E-state index in [0.717, 1.165) is 23.7 Å². The van der Waals surface area contributed by atoms with Crippen molar-refractivity contribution in [3.8, 4) is 0 Å². The Morgan fingerprint density at radius 2 is 1.23 bits per heavy atom. The molecule has 3 heteroatoms. The summed E-state index contributed by atoms with van der Waals surface area (Å²) in [7, 11) is 0. The first-order valence-corrected chi connectivity index (χ1v) is 7.17. The van der Waals surface area contributed by atoms with Crippen molar-refractivity contribution in [3.63, 3.8) is 0 Å². The molecule has 0 aromatic rings. The summed E-state index contributed by atoms with van der Waals surface area (Å²) in [5, 5.41) is 0. The van der Waals surface area contributed by atoms with Crippen LogP contribution >= 0.6 is 23.5 Å². The highest BCUT2D eigenvalue weighted by Crippen LogP contribution is 2.11. The summed E-state index contributed by atoms with van der Waals surface area (Å²) in [4.78, 5) is 0. The molecule has 0 atom stereocenters. The van der Waals surface area contributed by atoms with E-state index in [1.807, 2.05) is 23.5 Å². The van der Waals surface area contributed by atoms with E-state index in [9.17, 15) is 0 Å². The third kappa shape index (κ3) is 12.7. The lowest BCUT2D eigenvalue weighted by atomic mass is 10.3. The second kappa shape index (κ2) is 9.22. The molecule has 13 heavy (non-hydrogen) atoms. The quantitative estimate of drug-likeness (QED) is 0.458. The van der Waals surface area contributed by atoms with Crippen molar-refractivity contribution in [1.29, 1.82) is 0 Å². The molecule has 0 aliphatic heterocycles. The van der Waals surface area contributed by atoms with Gasteiger partial charge in [0.15, 0.2) is 0 Å². The Labute approximate surface area is 91.4 Å². The van der Waals surface area contributed by atoms with Crippen molar-refractivity contribution in [3.05, 3.63) is 0 Å². The van der Waals surface area contributed by atoms with Crippen molar-refractivity contribution in [1.82, 2.24) is 0 Å². The van der Waals surface area contributed by atoms with E-state index in [-0.39, 0.29) is 0 Å². The van der Waals surface area contributed by atoms with E-state index in [2.05, 4.69) is 27.7 Å². The van der Waals surface area contributed by atoms with Gasteiger partial charge in [-0.1, -0.05) is 27.7 Å². The second-order valence-electron chi connectivity index (χ2n) is 3.97. The van der Waals surface area contributed by atoms with Crippen molar-refractivity contribution in [2.45, 2.75) is 27.7 Å². The predicted octanol–water partition coefficient (Wildman–Crippen LogP) is 3.70. The van der Waals surface area contributed by atoms with Crippen LogP contribution in [0.5, 0.6) is 0 Å². The van der Waals surface area contributed by atoms with Gasteiger partial charge in [0.2, 0.25) is 0 Å². The molecule has 0 rings (SSSR count). The molecule has 1 nitrogen and oxygen atoms in total. The average Bonchev–Trinajstić information content (AvgIpc) is 2.01. The number of thioether (sulfide) groups is 2. The molecule has 0 aromatic carbocycles. The van der Waals surface area contributed by atoms with E-state index in [1.54, 1.807) is 0 Å². The van der Waals surface area contributed by atoms with E-state index in [0.29, 0.717) is 0 Å². The van der Waals surface area contributed by atoms with Crippen LogP contribution < -0.4 is 0 Å². The topological polar surface area (TPSA) is 9.23 Å². The van der Waals surface area contributed by atoms with E-state index in [1.165, 1.54) is 11.5 Å². The Morgan fingerprint density at radius 1 is 0.846 bits per heavy atom. The molecule has 0 aromatic heterocycles. The molecule has 0 amide bonds. The predicted molar refractivity (Wildman–Crippen MR) is 65.4 cm³/mol. The normalized spacial score (nSPS) is 11.5. The van der Waals surface area contributed by atoms with Crippen molar-refractivity contribution >= 4 is 23.5 Å². The summed E-state index contributed by atoms with van der Waals surface area (Å²) in [6.07, 6.45) is 0. The molecular formula is C10H22OS2. The maximum atomic E-state index is 5.46. The minimum Gasteiger partial charge on any atom is -0.360 e. The van der Waals surface area contributed by atoms with Gasteiger partial charge in [0.25, 0.3) is 0 Å². The van der Waals surface area contributed by atoms with Crippen molar-refractivity contribution < 1.29 is 4.74 Å². The molecule has 0 saturated heterocycles. The van der Waals surface area contributed by atoms with Crippen LogP contribution in [0.2, 0.25) is 0 Å². The fraction of sp³-hybridized carbons (Fsp3) is 1.00. The van der Waals surface area contributed by atoms with Crippen LogP contribution in [0.3, 0.4) is 0 Å². The zero-order valence-electron chi connectivity index (χ0n) is 9.21. The largest absolute Gasteiger partial charge is 0.360 e. The molecule has 0 heterocycles. The zero-order chi connectivity index (χ0) is 10.1. The second-order valence-corrected chi connectivity index (χ2v) is 5.92. The fourth-order valence-electron chi connectivity index (χ4n) is 0.720. The standard InChI is InChI=1S/C10H22OS2/c1-9(2)5-12-7-11-8-13-6-10(3)4/h9-10H,5-8H2,1-4H3. The zero-order valence-corrected chi connectivity index (χ0v) is 10.8. The fourth-order valence-corrected chi connectivity index (χ4v) is 2.36. The lowest BCUT2D eigenvalue weighted by Gasteiger charge is -2.06. The maximum Gasteiger partial charge on any atom is 0.0932 e. The summed E-state index contributed by atoms with van der Waals surface area (Å²) in [6.45, 7) is 8.95. The molecule has 0 unspecified atom stereocenters. The van der Waals surface area contributed by atoms with E-state index < -0.39 is 0 Å². The third-order valence-electron chi connectivity index (χ3n) is 1.24. The molecule has 0 radical (unpaired) electrons. The summed E-state index contributed by atoms with van der Waals surface area (Å²) in [6, 6.07) is 0. The Balaban J connectivity index is 2.92. The highest BCUT2D eigenvalue weighted by atomic mass is 32.2. The Morgan fingerprint density at radius 3 is 1.54 bits per heavy atom. The van der Waals surface area contributed by atoms with Crippen LogP contribution in [0.15, 0.2) is 0 Å². The average molecular weight is 222 g/mol. The Kier molecular flexibility index (Phi) is 9.69. The lowest BCUT2D eigenvalue weighted by Crippen LogP contribution is -1.97. The molecule has 0 fully saturated rings. The number of rotatable bonds is 8. The van der Waals surface area contributed by atoms with Crippen molar-refractivity contribution in [2.24, 2.45) is 11.8 Å². The molecule has 0 N–H and O–H groups in total. The van der Waals surface area contributed by atoms with Crippen LogP contribution in [0.4, 0.5) is 0 Å². The number of ether oxygens (including phenoxy) is 1. The maximum absolute atomic E-state index is 5.46. The molecule has 0 spiro atoms. The SMILES string of the molecule is CC(C)CSCOCSCC(C)C. The van der Waals surface area contributed by atoms with Gasteiger partial charge in [-0.25, -0.2) is 0 Å². The van der Waals surface area contributed by atoms with Gasteiger partial charge in [-0.3, -0.25) is 0 Å². The molecule has 80 valence electrons. The molecule has 0 saturated carbocycles. The number of hydrogen-bond donors (Lipinski definition) is 0. The number of hydrogen-bond acceptors (Lipinski definition) is 3. The first-order chi connectivity index (χ1) is 6.13. The molecular weight excluding hydrogens is 200 g/mol. The van der Waals surface area contributed by atoms with Crippen molar-refractivity contribution in [2.75, 3.05) is 23.4 Å². The van der Waals surface area contributed by atoms with Crippen LogP contribution in [0, 0.1) is 11.8 Å². The monoisotopic (exact) mass is 222 g/mol. The van der Waals surface area contributed by atoms with Gasteiger partial charge in [0, 0.05) is 0 Å². The third-order valence-corrected chi connectivity index (χ3v) is 3.71. The molecule has 0 aliphatic carbocycles. The van der Waals surface area contributed by atoms with Crippen LogP contribution in [0.25, 0.3) is 0 Å². The van der Waals surface area contributed by atoms with Gasteiger partial charge in [-0.05, 0) is 23.3 Å². The van der Waals surface area contributed by atoms with Gasteiger partial charge < -0.3 is 4.74 Å². The van der Waals surface area contributed by atoms with Crippen LogP contribution in [-0.2, 0) is 4.74 Å². The Bertz CT molecular complexity index is 93.1. The van der Waals surface area contributed by atoms with Gasteiger partial charge in [0.1, 0.15) is 0 Å². The van der Waals surface area contributed by atoms with Gasteiger partial charge in [-0.2, -0.15) is 0 Å². The van der Waals surface area contributed by atoms with E-state index >= 15 is 0 Å². The first kappa shape index (κ1) is 13.7. The first-order valence-electron chi connectivity index (χ1n) is 4.86. The minimum atomic E-state index is 0.775. The van der Waals surface area contributed by atoms with Gasteiger partial charge in [-0.15, -0.1) is 23.5 Å². The van der Waals surface area contributed by atoms with Gasteiger partial charge in [0.05, 0.1) is 11.9 Å². The van der Waals surface area contributed by atoms with Gasteiger partial charge >= 0.3 is 0 Å². The Hall–Kier alpha value is 0.660. The van der Waals surface area contributed by atoms with E-state index in [4.69, 9.17) is 4.74 Å². The minimum absolute atomic E-state index is 0.775. The van der Waals surface area contributed by atoms with Crippen LogP contribution in [0.1, 0.15) is 27.7 Å². The summed E-state index contributed by atoms with van der Waals surface area (Å²) >= 11 is 3.77. The smallest absolute Gasteiger partial charge is 0.0932 e. The summed E-state index contributed by atoms with van der Waals surface area (Å²) in [5.41, 5.74) is 0. The molecule has 0 aliphatic rings. The van der Waals surface area contributed by atoms with Crippen LogP contribution in [-0.4, -0.2) is 23.4 Å².